The number of nitrogens with one attached hydrogen (secondary N) is 1. The van der Waals surface area contributed by atoms with Crippen molar-refractivity contribution in [1.82, 2.24) is 5.32 Å². The van der Waals surface area contributed by atoms with Gasteiger partial charge in [0, 0.05) is 23.1 Å². The summed E-state index contributed by atoms with van der Waals surface area (Å²) in [6.45, 7) is 4.11. The van der Waals surface area contributed by atoms with Crippen molar-refractivity contribution in [3.63, 3.8) is 0 Å². The van der Waals surface area contributed by atoms with Gasteiger partial charge in [-0.2, -0.15) is 0 Å². The second-order valence-electron chi connectivity index (χ2n) is 5.98. The molecule has 0 saturated heterocycles. The van der Waals surface area contributed by atoms with E-state index in [0.29, 0.717) is 12.0 Å². The van der Waals surface area contributed by atoms with Crippen molar-refractivity contribution in [2.45, 2.75) is 51.5 Å². The van der Waals surface area contributed by atoms with Crippen molar-refractivity contribution in [2.24, 2.45) is 0 Å². The Morgan fingerprint density at radius 2 is 2.10 bits per heavy atom. The van der Waals surface area contributed by atoms with Crippen LogP contribution >= 0.6 is 0 Å². The topological polar surface area (TPSA) is 49.3 Å². The molecule has 2 rings (SSSR count). The molecule has 3 heteroatoms. The highest BCUT2D eigenvalue weighted by Crippen LogP contribution is 2.29. The van der Waals surface area contributed by atoms with Crippen molar-refractivity contribution < 1.29 is 9.90 Å². The number of hydrogen-bond acceptors (Lipinski definition) is 2. The first-order valence-corrected chi connectivity index (χ1v) is 7.58. The zero-order valence-electron chi connectivity index (χ0n) is 12.8. The lowest BCUT2D eigenvalue weighted by molar-refractivity contribution is 0.0907. The maximum absolute atomic E-state index is 12.5. The smallest absolute Gasteiger partial charge is 0.252 e. The Hall–Kier alpha value is -1.79. The van der Waals surface area contributed by atoms with E-state index in [1.165, 1.54) is 12.8 Å². The normalized spacial score (nSPS) is 16.1. The summed E-state index contributed by atoms with van der Waals surface area (Å²) in [5.74, 6) is 5.92. The van der Waals surface area contributed by atoms with Gasteiger partial charge in [0.15, 0.2) is 0 Å². The maximum Gasteiger partial charge on any atom is 0.252 e. The van der Waals surface area contributed by atoms with E-state index in [2.05, 4.69) is 24.1 Å². The second kappa shape index (κ2) is 6.78. The molecular weight excluding hydrogens is 262 g/mol. The zero-order chi connectivity index (χ0) is 15.3. The lowest BCUT2D eigenvalue weighted by Crippen LogP contribution is -2.43. The molecule has 1 fully saturated rings. The van der Waals surface area contributed by atoms with E-state index in [9.17, 15) is 4.79 Å². The number of rotatable bonds is 3. The second-order valence-corrected chi connectivity index (χ2v) is 5.98. The summed E-state index contributed by atoms with van der Waals surface area (Å²) < 4.78 is 0. The molecule has 0 aliphatic heterocycles. The third-order valence-corrected chi connectivity index (χ3v) is 4.16. The number of carbonyl (C=O) groups excluding carboxylic acids is 1. The lowest BCUT2D eigenvalue weighted by atomic mass is 9.97. The van der Waals surface area contributed by atoms with Crippen LogP contribution in [0.2, 0.25) is 0 Å². The molecule has 21 heavy (non-hydrogen) atoms. The molecule has 112 valence electrons. The Kier molecular flexibility index (Phi) is 5.03. The SMILES string of the molecule is Cc1c(C#CCCO)cccc1C(=O)NC1(C)CCCC1. The summed E-state index contributed by atoms with van der Waals surface area (Å²) in [6, 6.07) is 5.62. The van der Waals surface area contributed by atoms with Crippen molar-refractivity contribution in [3.05, 3.63) is 34.9 Å². The Labute approximate surface area is 126 Å². The van der Waals surface area contributed by atoms with Crippen LogP contribution in [0.25, 0.3) is 0 Å². The predicted octanol–water partition coefficient (Wildman–Crippen LogP) is 2.79. The van der Waals surface area contributed by atoms with Crippen LogP contribution in [0, 0.1) is 18.8 Å². The van der Waals surface area contributed by atoms with Crippen molar-refractivity contribution in [2.75, 3.05) is 6.61 Å². The Balaban J connectivity index is 2.18. The third kappa shape index (κ3) is 3.86. The molecule has 3 nitrogen and oxygen atoms in total. The summed E-state index contributed by atoms with van der Waals surface area (Å²) in [6.07, 6.45) is 4.92. The van der Waals surface area contributed by atoms with Crippen LogP contribution in [-0.4, -0.2) is 23.2 Å². The maximum atomic E-state index is 12.5. The van der Waals surface area contributed by atoms with Gasteiger partial charge in [-0.3, -0.25) is 4.79 Å². The van der Waals surface area contributed by atoms with Gasteiger partial charge in [0.05, 0.1) is 6.61 Å². The Morgan fingerprint density at radius 3 is 2.76 bits per heavy atom. The molecule has 1 aliphatic rings. The Bertz CT molecular complexity index is 575. The van der Waals surface area contributed by atoms with Crippen LogP contribution in [0.1, 0.15) is 60.5 Å². The third-order valence-electron chi connectivity index (χ3n) is 4.16. The van der Waals surface area contributed by atoms with Crippen LogP contribution in [0.3, 0.4) is 0 Å². The highest BCUT2D eigenvalue weighted by Gasteiger charge is 2.30. The van der Waals surface area contributed by atoms with Gasteiger partial charge in [-0.1, -0.05) is 30.7 Å². The number of amides is 1. The van der Waals surface area contributed by atoms with Gasteiger partial charge in [-0.25, -0.2) is 0 Å². The van der Waals surface area contributed by atoms with E-state index >= 15 is 0 Å². The summed E-state index contributed by atoms with van der Waals surface area (Å²) in [4.78, 5) is 12.5. The van der Waals surface area contributed by atoms with Gasteiger partial charge in [-0.15, -0.1) is 0 Å². The van der Waals surface area contributed by atoms with E-state index in [4.69, 9.17) is 5.11 Å². The fraction of sp³-hybridized carbons (Fsp3) is 0.500. The van der Waals surface area contributed by atoms with E-state index in [1.807, 2.05) is 25.1 Å². The molecule has 0 bridgehead atoms. The molecule has 2 N–H and O–H groups in total. The highest BCUT2D eigenvalue weighted by molar-refractivity contribution is 5.96. The van der Waals surface area contributed by atoms with E-state index < -0.39 is 0 Å². The first-order chi connectivity index (χ1) is 10.1. The fourth-order valence-corrected chi connectivity index (χ4v) is 2.85. The highest BCUT2D eigenvalue weighted by atomic mass is 16.2. The van der Waals surface area contributed by atoms with Crippen LogP contribution in [0.4, 0.5) is 0 Å². The van der Waals surface area contributed by atoms with Crippen molar-refractivity contribution in [1.29, 1.82) is 0 Å². The summed E-state index contributed by atoms with van der Waals surface area (Å²) in [7, 11) is 0. The van der Waals surface area contributed by atoms with Crippen LogP contribution in [-0.2, 0) is 0 Å². The van der Waals surface area contributed by atoms with Crippen LogP contribution in [0.5, 0.6) is 0 Å². The molecule has 1 amide bonds. The van der Waals surface area contributed by atoms with Crippen LogP contribution < -0.4 is 5.32 Å². The lowest BCUT2D eigenvalue weighted by Gasteiger charge is -2.25. The monoisotopic (exact) mass is 285 g/mol. The zero-order valence-corrected chi connectivity index (χ0v) is 12.8. The minimum absolute atomic E-state index is 0.0114. The van der Waals surface area contributed by atoms with E-state index in [1.54, 1.807) is 0 Å². The minimum Gasteiger partial charge on any atom is -0.395 e. The molecule has 0 aromatic heterocycles. The predicted molar refractivity (Wildman–Crippen MR) is 84.1 cm³/mol. The fourth-order valence-electron chi connectivity index (χ4n) is 2.85. The van der Waals surface area contributed by atoms with Gasteiger partial charge in [0.1, 0.15) is 0 Å². The standard InChI is InChI=1S/C18H23NO2/c1-14-15(8-3-6-13-20)9-7-10-16(14)17(21)19-18(2)11-4-5-12-18/h7,9-10,20H,4-6,11-13H2,1-2H3,(H,19,21). The van der Waals surface area contributed by atoms with Crippen molar-refractivity contribution in [3.8, 4) is 11.8 Å². The molecule has 0 unspecified atom stereocenters. The van der Waals surface area contributed by atoms with E-state index in [0.717, 1.165) is 24.0 Å². The number of aliphatic hydroxyl groups is 1. The largest absolute Gasteiger partial charge is 0.395 e. The molecule has 1 aliphatic carbocycles. The van der Waals surface area contributed by atoms with Crippen molar-refractivity contribution >= 4 is 5.91 Å². The molecule has 0 spiro atoms. The molecule has 1 aromatic carbocycles. The molecule has 0 heterocycles. The van der Waals surface area contributed by atoms with Gasteiger partial charge in [0.2, 0.25) is 0 Å². The van der Waals surface area contributed by atoms with E-state index in [-0.39, 0.29) is 18.1 Å². The molecule has 1 aromatic rings. The quantitative estimate of drug-likeness (QED) is 0.839. The molecule has 0 radical (unpaired) electrons. The van der Waals surface area contributed by atoms with Gasteiger partial charge < -0.3 is 10.4 Å². The first-order valence-electron chi connectivity index (χ1n) is 7.58. The molecule has 1 saturated carbocycles. The van der Waals surface area contributed by atoms with Crippen LogP contribution in [0.15, 0.2) is 18.2 Å². The summed E-state index contributed by atoms with van der Waals surface area (Å²) >= 11 is 0. The molecular formula is C18H23NO2. The first kappa shape index (κ1) is 15.6. The van der Waals surface area contributed by atoms with Gasteiger partial charge in [0.25, 0.3) is 5.91 Å². The van der Waals surface area contributed by atoms with Gasteiger partial charge in [-0.05, 0) is 44.4 Å². The number of aliphatic hydroxyl groups excluding tert-OH is 1. The average molecular weight is 285 g/mol. The number of benzene rings is 1. The number of hydrogen-bond donors (Lipinski definition) is 2. The Morgan fingerprint density at radius 1 is 1.38 bits per heavy atom. The van der Waals surface area contributed by atoms with Gasteiger partial charge >= 0.3 is 0 Å². The molecule has 0 atom stereocenters. The number of carbonyl (C=O) groups is 1. The average Bonchev–Trinajstić information content (AvgIpc) is 2.87. The summed E-state index contributed by atoms with van der Waals surface area (Å²) in [5, 5.41) is 12.0. The summed E-state index contributed by atoms with van der Waals surface area (Å²) in [5.41, 5.74) is 2.39. The minimum atomic E-state index is -0.0674.